The predicted molar refractivity (Wildman–Crippen MR) is 39.0 cm³/mol. The van der Waals surface area contributed by atoms with Crippen LogP contribution in [0.25, 0.3) is 0 Å². The van der Waals surface area contributed by atoms with Crippen LogP contribution in [0.3, 0.4) is 0 Å². The molecule has 4 heteroatoms. The molecule has 66 valence electrons. The summed E-state index contributed by atoms with van der Waals surface area (Å²) in [4.78, 5) is 10.9. The first-order valence-electron chi connectivity index (χ1n) is 3.61. The van der Waals surface area contributed by atoms with Gasteiger partial charge in [0.05, 0.1) is 19.1 Å². The summed E-state index contributed by atoms with van der Waals surface area (Å²) in [6.07, 6.45) is 0.623. The molecule has 0 rings (SSSR count). The minimum Gasteiger partial charge on any atom is -0.396 e. The molecule has 0 aliphatic rings. The van der Waals surface area contributed by atoms with Crippen molar-refractivity contribution in [2.45, 2.75) is 12.8 Å². The first-order chi connectivity index (χ1) is 5.26. The second-order valence-corrected chi connectivity index (χ2v) is 2.36. The van der Waals surface area contributed by atoms with Crippen molar-refractivity contribution in [1.82, 2.24) is 0 Å². The second-order valence-electron chi connectivity index (χ2n) is 2.36. The molecule has 0 aromatic carbocycles. The second kappa shape index (κ2) is 6.27. The van der Waals surface area contributed by atoms with Gasteiger partial charge in [-0.25, -0.2) is 0 Å². The quantitative estimate of drug-likeness (QED) is 0.464. The lowest BCUT2D eigenvalue weighted by Gasteiger charge is -2.07. The number of hydrogen-bond acceptors (Lipinski definition) is 4. The molecule has 0 aliphatic carbocycles. The molecule has 0 unspecified atom stereocenters. The third kappa shape index (κ3) is 4.08. The Bertz CT molecular complexity index is 109. The van der Waals surface area contributed by atoms with Crippen molar-refractivity contribution >= 4 is 5.78 Å². The Morgan fingerprint density at radius 2 is 1.73 bits per heavy atom. The maximum Gasteiger partial charge on any atom is 0.140 e. The molecule has 0 radical (unpaired) electrons. The van der Waals surface area contributed by atoms with Crippen molar-refractivity contribution < 1.29 is 20.1 Å². The predicted octanol–water partition coefficient (Wildman–Crippen LogP) is -1.07. The number of carbonyl (C=O) groups is 1. The third-order valence-electron chi connectivity index (χ3n) is 1.48. The average molecular weight is 162 g/mol. The summed E-state index contributed by atoms with van der Waals surface area (Å²) < 4.78 is 0. The molecule has 0 aliphatic heterocycles. The van der Waals surface area contributed by atoms with E-state index in [1.165, 1.54) is 0 Å². The van der Waals surface area contributed by atoms with Crippen LogP contribution in [0.4, 0.5) is 0 Å². The van der Waals surface area contributed by atoms with Gasteiger partial charge < -0.3 is 15.3 Å². The highest BCUT2D eigenvalue weighted by molar-refractivity contribution is 5.81. The van der Waals surface area contributed by atoms with Crippen molar-refractivity contribution in [3.8, 4) is 0 Å². The van der Waals surface area contributed by atoms with Crippen LogP contribution in [-0.2, 0) is 4.79 Å². The largest absolute Gasteiger partial charge is 0.396 e. The highest BCUT2D eigenvalue weighted by Gasteiger charge is 2.14. The monoisotopic (exact) mass is 162 g/mol. The van der Waals surface area contributed by atoms with Crippen LogP contribution in [0.15, 0.2) is 0 Å². The average Bonchev–Trinajstić information content (AvgIpc) is 2.03. The van der Waals surface area contributed by atoms with E-state index in [2.05, 4.69) is 0 Å². The molecule has 0 fully saturated rings. The molecular weight excluding hydrogens is 148 g/mol. The summed E-state index contributed by atoms with van der Waals surface area (Å²) in [6.45, 7) is -0.670. The molecule has 0 saturated carbocycles. The van der Waals surface area contributed by atoms with E-state index in [1.54, 1.807) is 0 Å². The van der Waals surface area contributed by atoms with E-state index in [0.717, 1.165) is 0 Å². The minimum absolute atomic E-state index is 0.0324. The van der Waals surface area contributed by atoms with E-state index >= 15 is 0 Å². The summed E-state index contributed by atoms with van der Waals surface area (Å²) in [5.74, 6) is -0.856. The van der Waals surface area contributed by atoms with Gasteiger partial charge in [-0.15, -0.1) is 0 Å². The number of hydrogen-bond donors (Lipinski definition) is 3. The Morgan fingerprint density at radius 1 is 1.18 bits per heavy atom. The lowest BCUT2D eigenvalue weighted by atomic mass is 10.0. The van der Waals surface area contributed by atoms with E-state index in [0.29, 0.717) is 6.42 Å². The van der Waals surface area contributed by atoms with Gasteiger partial charge >= 0.3 is 0 Å². The molecule has 0 aromatic rings. The maximum atomic E-state index is 10.9. The van der Waals surface area contributed by atoms with Gasteiger partial charge in [0, 0.05) is 13.0 Å². The molecule has 0 spiro atoms. The van der Waals surface area contributed by atoms with Crippen LogP contribution < -0.4 is 0 Å². The van der Waals surface area contributed by atoms with Gasteiger partial charge in [-0.2, -0.15) is 0 Å². The van der Waals surface area contributed by atoms with Crippen LogP contribution in [-0.4, -0.2) is 40.9 Å². The standard InChI is InChI=1S/C7H14O4/c8-3-1-2-7(11)6(4-9)5-10/h6,8-10H,1-5H2. The third-order valence-corrected chi connectivity index (χ3v) is 1.48. The van der Waals surface area contributed by atoms with Crippen molar-refractivity contribution in [2.75, 3.05) is 19.8 Å². The number of aliphatic hydroxyl groups is 3. The molecule has 0 heterocycles. The minimum atomic E-state index is -0.665. The lowest BCUT2D eigenvalue weighted by molar-refractivity contribution is -0.125. The van der Waals surface area contributed by atoms with Crippen molar-refractivity contribution in [1.29, 1.82) is 0 Å². The molecular formula is C7H14O4. The topological polar surface area (TPSA) is 77.8 Å². The van der Waals surface area contributed by atoms with E-state index in [4.69, 9.17) is 15.3 Å². The Labute approximate surface area is 65.5 Å². The van der Waals surface area contributed by atoms with Gasteiger partial charge in [0.15, 0.2) is 0 Å². The molecule has 3 N–H and O–H groups in total. The first kappa shape index (κ1) is 10.6. The summed E-state index contributed by atoms with van der Waals surface area (Å²) in [5.41, 5.74) is 0. The Hall–Kier alpha value is -0.450. The zero-order valence-electron chi connectivity index (χ0n) is 6.36. The van der Waals surface area contributed by atoms with Crippen LogP contribution in [0.5, 0.6) is 0 Å². The number of aliphatic hydroxyl groups excluding tert-OH is 3. The zero-order chi connectivity index (χ0) is 8.69. The fraction of sp³-hybridized carbons (Fsp3) is 0.857. The molecule has 0 amide bonds. The number of carbonyl (C=O) groups excluding carboxylic acids is 1. The summed E-state index contributed by atoms with van der Waals surface area (Å²) in [5, 5.41) is 25.5. The van der Waals surface area contributed by atoms with Crippen molar-refractivity contribution in [2.24, 2.45) is 5.92 Å². The molecule has 11 heavy (non-hydrogen) atoms. The lowest BCUT2D eigenvalue weighted by Crippen LogP contribution is -2.22. The normalized spacial score (nSPS) is 10.5. The van der Waals surface area contributed by atoms with Gasteiger partial charge in [0.2, 0.25) is 0 Å². The molecule has 0 aromatic heterocycles. The van der Waals surface area contributed by atoms with Crippen molar-refractivity contribution in [3.05, 3.63) is 0 Å². The summed E-state index contributed by atoms with van der Waals surface area (Å²) in [6, 6.07) is 0. The molecule has 0 saturated heterocycles. The molecule has 0 bridgehead atoms. The van der Waals surface area contributed by atoms with E-state index in [-0.39, 0.29) is 32.0 Å². The van der Waals surface area contributed by atoms with Gasteiger partial charge in [-0.05, 0) is 6.42 Å². The summed E-state index contributed by atoms with van der Waals surface area (Å²) >= 11 is 0. The molecule has 0 atom stereocenters. The highest BCUT2D eigenvalue weighted by atomic mass is 16.3. The highest BCUT2D eigenvalue weighted by Crippen LogP contribution is 2.01. The number of rotatable bonds is 6. The SMILES string of the molecule is O=C(CCCO)C(CO)CO. The van der Waals surface area contributed by atoms with Crippen LogP contribution in [0, 0.1) is 5.92 Å². The van der Waals surface area contributed by atoms with E-state index < -0.39 is 5.92 Å². The number of Topliss-reactive ketones (excluding diaryl/α,β-unsaturated/α-hetero) is 1. The van der Waals surface area contributed by atoms with Gasteiger partial charge in [-0.1, -0.05) is 0 Å². The summed E-state index contributed by atoms with van der Waals surface area (Å²) in [7, 11) is 0. The van der Waals surface area contributed by atoms with Gasteiger partial charge in [0.1, 0.15) is 5.78 Å². The number of ketones is 1. The first-order valence-corrected chi connectivity index (χ1v) is 3.61. The Morgan fingerprint density at radius 3 is 2.09 bits per heavy atom. The van der Waals surface area contributed by atoms with Crippen LogP contribution in [0.1, 0.15) is 12.8 Å². The Balaban J connectivity index is 3.61. The van der Waals surface area contributed by atoms with Gasteiger partial charge in [-0.3, -0.25) is 4.79 Å². The fourth-order valence-electron chi connectivity index (χ4n) is 0.719. The van der Waals surface area contributed by atoms with Crippen molar-refractivity contribution in [3.63, 3.8) is 0 Å². The zero-order valence-corrected chi connectivity index (χ0v) is 6.36. The maximum absolute atomic E-state index is 10.9. The van der Waals surface area contributed by atoms with E-state index in [9.17, 15) is 4.79 Å². The molecule has 4 nitrogen and oxygen atoms in total. The van der Waals surface area contributed by atoms with Crippen LogP contribution in [0.2, 0.25) is 0 Å². The van der Waals surface area contributed by atoms with E-state index in [1.807, 2.05) is 0 Å². The fourth-order valence-corrected chi connectivity index (χ4v) is 0.719. The van der Waals surface area contributed by atoms with Gasteiger partial charge in [0.25, 0.3) is 0 Å². The smallest absolute Gasteiger partial charge is 0.140 e. The van der Waals surface area contributed by atoms with Crippen LogP contribution >= 0.6 is 0 Å². The Kier molecular flexibility index (Phi) is 6.02.